The van der Waals surface area contributed by atoms with Crippen molar-refractivity contribution in [3.63, 3.8) is 0 Å². The SMILES string of the molecule is CN(C)S(=O)(=O)C[C@@H]1CN(c2ccncc2)C[C@@H]1O. The van der Waals surface area contributed by atoms with Gasteiger partial charge in [0, 0.05) is 51.2 Å². The third kappa shape index (κ3) is 3.23. The summed E-state index contributed by atoms with van der Waals surface area (Å²) in [6.45, 7) is 0.996. The van der Waals surface area contributed by atoms with E-state index in [2.05, 4.69) is 4.98 Å². The zero-order valence-corrected chi connectivity index (χ0v) is 11.9. The number of sulfonamides is 1. The summed E-state index contributed by atoms with van der Waals surface area (Å²) in [5.74, 6) is -0.288. The summed E-state index contributed by atoms with van der Waals surface area (Å²) >= 11 is 0. The van der Waals surface area contributed by atoms with E-state index in [0.29, 0.717) is 13.1 Å². The molecule has 0 bridgehead atoms. The van der Waals surface area contributed by atoms with Gasteiger partial charge in [0.2, 0.25) is 10.0 Å². The Kier molecular flexibility index (Phi) is 4.07. The monoisotopic (exact) mass is 285 g/mol. The second-order valence-electron chi connectivity index (χ2n) is 5.00. The Labute approximate surface area is 113 Å². The molecule has 2 heterocycles. The minimum Gasteiger partial charge on any atom is -0.391 e. The van der Waals surface area contributed by atoms with Gasteiger partial charge in [0.15, 0.2) is 0 Å². The minimum absolute atomic E-state index is 0.0250. The van der Waals surface area contributed by atoms with Gasteiger partial charge in [-0.15, -0.1) is 0 Å². The van der Waals surface area contributed by atoms with Crippen molar-refractivity contribution in [2.45, 2.75) is 6.10 Å². The molecule has 2 atom stereocenters. The van der Waals surface area contributed by atoms with Crippen molar-refractivity contribution in [3.05, 3.63) is 24.5 Å². The predicted octanol–water partition coefficient (Wildman–Crippen LogP) is -0.230. The average Bonchev–Trinajstić information content (AvgIpc) is 2.71. The van der Waals surface area contributed by atoms with Gasteiger partial charge in [0.1, 0.15) is 0 Å². The molecule has 6 nitrogen and oxygen atoms in total. The fourth-order valence-electron chi connectivity index (χ4n) is 2.20. The lowest BCUT2D eigenvalue weighted by Gasteiger charge is -2.19. The summed E-state index contributed by atoms with van der Waals surface area (Å²) in [4.78, 5) is 5.93. The van der Waals surface area contributed by atoms with Crippen LogP contribution in [0.15, 0.2) is 24.5 Å². The third-order valence-electron chi connectivity index (χ3n) is 3.42. The van der Waals surface area contributed by atoms with E-state index in [1.54, 1.807) is 12.4 Å². The van der Waals surface area contributed by atoms with E-state index in [1.807, 2.05) is 17.0 Å². The van der Waals surface area contributed by atoms with Crippen molar-refractivity contribution < 1.29 is 13.5 Å². The summed E-state index contributed by atoms with van der Waals surface area (Å²) < 4.78 is 24.9. The molecule has 0 aliphatic carbocycles. The highest BCUT2D eigenvalue weighted by Crippen LogP contribution is 2.24. The van der Waals surface area contributed by atoms with E-state index < -0.39 is 16.1 Å². The van der Waals surface area contributed by atoms with Crippen LogP contribution >= 0.6 is 0 Å². The van der Waals surface area contributed by atoms with Crippen LogP contribution in [0.1, 0.15) is 0 Å². The van der Waals surface area contributed by atoms with E-state index >= 15 is 0 Å². The van der Waals surface area contributed by atoms with Gasteiger partial charge in [-0.1, -0.05) is 0 Å². The van der Waals surface area contributed by atoms with Crippen LogP contribution in [0.3, 0.4) is 0 Å². The Morgan fingerprint density at radius 2 is 2.00 bits per heavy atom. The maximum Gasteiger partial charge on any atom is 0.214 e. The zero-order chi connectivity index (χ0) is 14.0. The average molecular weight is 285 g/mol. The topological polar surface area (TPSA) is 73.7 Å². The molecule has 2 rings (SSSR count). The van der Waals surface area contributed by atoms with Crippen LogP contribution in [0, 0.1) is 5.92 Å². The maximum absolute atomic E-state index is 11.9. The molecule has 0 unspecified atom stereocenters. The first-order chi connectivity index (χ1) is 8.90. The molecular formula is C12H19N3O3S. The number of nitrogens with zero attached hydrogens (tertiary/aromatic N) is 3. The zero-order valence-electron chi connectivity index (χ0n) is 11.1. The van der Waals surface area contributed by atoms with Crippen molar-refractivity contribution in [2.75, 3.05) is 37.8 Å². The van der Waals surface area contributed by atoms with Gasteiger partial charge in [-0.05, 0) is 12.1 Å². The lowest BCUT2D eigenvalue weighted by Crippen LogP contribution is -2.33. The highest BCUT2D eigenvalue weighted by Gasteiger charge is 2.35. The van der Waals surface area contributed by atoms with Gasteiger partial charge < -0.3 is 10.0 Å². The number of anilines is 1. The minimum atomic E-state index is -3.29. The van der Waals surface area contributed by atoms with Crippen molar-refractivity contribution in [3.8, 4) is 0 Å². The molecular weight excluding hydrogens is 266 g/mol. The largest absolute Gasteiger partial charge is 0.391 e. The van der Waals surface area contributed by atoms with Crippen LogP contribution < -0.4 is 4.90 Å². The van der Waals surface area contributed by atoms with Gasteiger partial charge in [0.05, 0.1) is 11.9 Å². The van der Waals surface area contributed by atoms with Crippen molar-refractivity contribution in [2.24, 2.45) is 5.92 Å². The standard InChI is InChI=1S/C12H19N3O3S/c1-14(2)19(17,18)9-10-7-15(8-12(10)16)11-3-5-13-6-4-11/h3-6,10,12,16H,7-9H2,1-2H3/t10-,12-/m0/s1. The first-order valence-corrected chi connectivity index (χ1v) is 7.74. The molecule has 19 heavy (non-hydrogen) atoms. The van der Waals surface area contributed by atoms with Crippen LogP contribution in [0.4, 0.5) is 5.69 Å². The van der Waals surface area contributed by atoms with Crippen molar-refractivity contribution in [1.29, 1.82) is 0 Å². The van der Waals surface area contributed by atoms with Crippen LogP contribution in [0.5, 0.6) is 0 Å². The number of aromatic nitrogens is 1. The fourth-order valence-corrected chi connectivity index (χ4v) is 3.37. The molecule has 1 N–H and O–H groups in total. The molecule has 1 saturated heterocycles. The van der Waals surface area contributed by atoms with Gasteiger partial charge in [0.25, 0.3) is 0 Å². The van der Waals surface area contributed by atoms with Crippen LogP contribution in [0.25, 0.3) is 0 Å². The van der Waals surface area contributed by atoms with E-state index in [9.17, 15) is 13.5 Å². The number of rotatable bonds is 4. The van der Waals surface area contributed by atoms with Crippen LogP contribution in [0.2, 0.25) is 0 Å². The third-order valence-corrected chi connectivity index (χ3v) is 5.38. The highest BCUT2D eigenvalue weighted by molar-refractivity contribution is 7.89. The van der Waals surface area contributed by atoms with E-state index in [4.69, 9.17) is 0 Å². The molecule has 1 aromatic heterocycles. The normalized spacial score (nSPS) is 24.1. The Morgan fingerprint density at radius 3 is 2.58 bits per heavy atom. The molecule has 1 fully saturated rings. The van der Waals surface area contributed by atoms with Crippen LogP contribution in [-0.4, -0.2) is 61.9 Å². The maximum atomic E-state index is 11.9. The fraction of sp³-hybridized carbons (Fsp3) is 0.583. The molecule has 0 saturated carbocycles. The number of aliphatic hydroxyl groups excluding tert-OH is 1. The second kappa shape index (κ2) is 5.44. The first kappa shape index (κ1) is 14.2. The number of pyridine rings is 1. The molecule has 0 radical (unpaired) electrons. The second-order valence-corrected chi connectivity index (χ2v) is 7.23. The molecule has 1 aromatic rings. The summed E-state index contributed by atoms with van der Waals surface area (Å²) in [6.07, 6.45) is 2.75. The Bertz CT molecular complexity index is 518. The lowest BCUT2D eigenvalue weighted by atomic mass is 10.1. The van der Waals surface area contributed by atoms with Gasteiger partial charge in [-0.2, -0.15) is 0 Å². The molecule has 1 aliphatic rings. The molecule has 1 aliphatic heterocycles. The Hall–Kier alpha value is -1.18. The number of aliphatic hydroxyl groups is 1. The Morgan fingerprint density at radius 1 is 1.37 bits per heavy atom. The summed E-state index contributed by atoms with van der Waals surface area (Å²) in [5.41, 5.74) is 0.957. The number of β-amino-alcohol motifs (C(OH)–C–C–N with tert-alkyl or cyclic N) is 1. The van der Waals surface area contributed by atoms with Gasteiger partial charge in [-0.25, -0.2) is 12.7 Å². The predicted molar refractivity (Wildman–Crippen MR) is 73.4 cm³/mol. The van der Waals surface area contributed by atoms with Gasteiger partial charge in [-0.3, -0.25) is 4.98 Å². The van der Waals surface area contributed by atoms with E-state index in [0.717, 1.165) is 5.69 Å². The summed E-state index contributed by atoms with van der Waals surface area (Å²) in [5, 5.41) is 10.0. The molecule has 106 valence electrons. The Balaban J connectivity index is 2.07. The lowest BCUT2D eigenvalue weighted by molar-refractivity contribution is 0.157. The molecule has 0 aromatic carbocycles. The summed E-state index contributed by atoms with van der Waals surface area (Å²) in [6, 6.07) is 3.71. The number of hydrogen-bond acceptors (Lipinski definition) is 5. The van der Waals surface area contributed by atoms with E-state index in [-0.39, 0.29) is 11.7 Å². The summed E-state index contributed by atoms with van der Waals surface area (Å²) in [7, 11) is -0.263. The van der Waals surface area contributed by atoms with Gasteiger partial charge >= 0.3 is 0 Å². The number of hydrogen-bond donors (Lipinski definition) is 1. The quantitative estimate of drug-likeness (QED) is 0.827. The first-order valence-electron chi connectivity index (χ1n) is 6.13. The van der Waals surface area contributed by atoms with Crippen molar-refractivity contribution in [1.82, 2.24) is 9.29 Å². The van der Waals surface area contributed by atoms with Crippen LogP contribution in [-0.2, 0) is 10.0 Å². The van der Waals surface area contributed by atoms with E-state index in [1.165, 1.54) is 18.4 Å². The van der Waals surface area contributed by atoms with Crippen molar-refractivity contribution >= 4 is 15.7 Å². The smallest absolute Gasteiger partial charge is 0.214 e. The highest BCUT2D eigenvalue weighted by atomic mass is 32.2. The molecule has 0 amide bonds. The molecule has 7 heteroatoms. The molecule has 0 spiro atoms.